The predicted molar refractivity (Wildman–Crippen MR) is 84.2 cm³/mol. The molecule has 114 valence electrons. The Kier molecular flexibility index (Phi) is 5.81. The van der Waals surface area contributed by atoms with Crippen molar-refractivity contribution in [2.45, 2.75) is 32.4 Å². The maximum absolute atomic E-state index is 11.5. The van der Waals surface area contributed by atoms with Crippen LogP contribution in [0.1, 0.15) is 25.3 Å². The van der Waals surface area contributed by atoms with E-state index >= 15 is 0 Å². The lowest BCUT2D eigenvalue weighted by Crippen LogP contribution is -2.43. The van der Waals surface area contributed by atoms with Gasteiger partial charge in [0.25, 0.3) is 0 Å². The first-order chi connectivity index (χ1) is 10.2. The monoisotopic (exact) mass is 288 g/mol. The Hall–Kier alpha value is -1.81. The van der Waals surface area contributed by atoms with Crippen LogP contribution in [0.5, 0.6) is 5.75 Å². The predicted octanol–water partition coefficient (Wildman–Crippen LogP) is 2.35. The highest BCUT2D eigenvalue weighted by Crippen LogP contribution is 2.16. The Morgan fingerprint density at radius 3 is 2.57 bits per heavy atom. The third-order valence-electron chi connectivity index (χ3n) is 3.82. The molecule has 0 bridgehead atoms. The van der Waals surface area contributed by atoms with Crippen molar-refractivity contribution in [1.82, 2.24) is 10.2 Å². The number of carbonyl (C=O) groups excluding carboxylic acids is 1. The first-order valence-electron chi connectivity index (χ1n) is 7.49. The number of piperidine rings is 1. The van der Waals surface area contributed by atoms with E-state index in [1.165, 1.54) is 5.56 Å². The molecular formula is C17H24N2O2. The number of likely N-dealkylation sites (tertiary alicyclic amines) is 1. The quantitative estimate of drug-likeness (QED) is 0.846. The van der Waals surface area contributed by atoms with E-state index in [1.807, 2.05) is 19.1 Å². The van der Waals surface area contributed by atoms with Crippen LogP contribution in [-0.2, 0) is 11.3 Å². The molecule has 1 heterocycles. The molecule has 1 N–H and O–H groups in total. The molecular weight excluding hydrogens is 264 g/mol. The summed E-state index contributed by atoms with van der Waals surface area (Å²) in [6.45, 7) is 4.86. The highest BCUT2D eigenvalue weighted by molar-refractivity contribution is 5.87. The maximum atomic E-state index is 11.5. The van der Waals surface area contributed by atoms with Crippen LogP contribution in [0.3, 0.4) is 0 Å². The third kappa shape index (κ3) is 4.90. The molecule has 1 fully saturated rings. The standard InChI is InChI=1S/C17H24N2O2/c1-3-4-17(20)18-15-9-11-19(12-10-15)13-14-5-7-16(21-2)8-6-14/h3-8,15H,9-13H2,1-2H3,(H,18,20)/b4-3+. The highest BCUT2D eigenvalue weighted by atomic mass is 16.5. The fourth-order valence-corrected chi connectivity index (χ4v) is 2.63. The van der Waals surface area contributed by atoms with Crippen LogP contribution < -0.4 is 10.1 Å². The summed E-state index contributed by atoms with van der Waals surface area (Å²) in [6, 6.07) is 8.52. The van der Waals surface area contributed by atoms with Crippen molar-refractivity contribution < 1.29 is 9.53 Å². The Morgan fingerprint density at radius 1 is 1.33 bits per heavy atom. The van der Waals surface area contributed by atoms with E-state index in [0.29, 0.717) is 6.04 Å². The highest BCUT2D eigenvalue weighted by Gasteiger charge is 2.19. The largest absolute Gasteiger partial charge is 0.497 e. The van der Waals surface area contributed by atoms with E-state index in [0.717, 1.165) is 38.2 Å². The van der Waals surface area contributed by atoms with Gasteiger partial charge in [-0.25, -0.2) is 0 Å². The molecule has 2 rings (SSSR count). The molecule has 0 aromatic heterocycles. The summed E-state index contributed by atoms with van der Waals surface area (Å²) in [4.78, 5) is 14.0. The van der Waals surface area contributed by atoms with Gasteiger partial charge in [-0.1, -0.05) is 18.2 Å². The lowest BCUT2D eigenvalue weighted by atomic mass is 10.0. The van der Waals surface area contributed by atoms with Gasteiger partial charge in [-0.2, -0.15) is 0 Å². The van der Waals surface area contributed by atoms with Crippen molar-refractivity contribution in [3.63, 3.8) is 0 Å². The van der Waals surface area contributed by atoms with Gasteiger partial charge in [0.2, 0.25) is 5.91 Å². The fraction of sp³-hybridized carbons (Fsp3) is 0.471. The second-order valence-electron chi connectivity index (χ2n) is 5.41. The second-order valence-corrected chi connectivity index (χ2v) is 5.41. The van der Waals surface area contributed by atoms with E-state index in [4.69, 9.17) is 4.74 Å². The van der Waals surface area contributed by atoms with Gasteiger partial charge >= 0.3 is 0 Å². The summed E-state index contributed by atoms with van der Waals surface area (Å²) in [5, 5.41) is 3.05. The van der Waals surface area contributed by atoms with E-state index in [1.54, 1.807) is 19.3 Å². The maximum Gasteiger partial charge on any atom is 0.243 e. The van der Waals surface area contributed by atoms with Crippen LogP contribution in [0.25, 0.3) is 0 Å². The van der Waals surface area contributed by atoms with Gasteiger partial charge in [-0.15, -0.1) is 0 Å². The minimum absolute atomic E-state index is 0.0195. The Morgan fingerprint density at radius 2 is 2.00 bits per heavy atom. The zero-order valence-corrected chi connectivity index (χ0v) is 12.8. The first kappa shape index (κ1) is 15.6. The average molecular weight is 288 g/mol. The summed E-state index contributed by atoms with van der Waals surface area (Å²) in [5.74, 6) is 0.912. The number of nitrogens with one attached hydrogen (secondary N) is 1. The number of hydrogen-bond donors (Lipinski definition) is 1. The molecule has 1 aliphatic heterocycles. The molecule has 0 spiro atoms. The molecule has 0 radical (unpaired) electrons. The number of hydrogen-bond acceptors (Lipinski definition) is 3. The first-order valence-corrected chi connectivity index (χ1v) is 7.49. The van der Waals surface area contributed by atoms with Gasteiger partial charge in [0, 0.05) is 25.7 Å². The number of rotatable bonds is 5. The van der Waals surface area contributed by atoms with Crippen molar-refractivity contribution in [2.24, 2.45) is 0 Å². The molecule has 0 unspecified atom stereocenters. The Bertz CT molecular complexity index is 474. The Labute approximate surface area is 126 Å². The number of methoxy groups -OCH3 is 1. The summed E-state index contributed by atoms with van der Waals surface area (Å²) < 4.78 is 5.17. The lowest BCUT2D eigenvalue weighted by molar-refractivity contribution is -0.117. The van der Waals surface area contributed by atoms with E-state index < -0.39 is 0 Å². The van der Waals surface area contributed by atoms with Crippen LogP contribution in [0.4, 0.5) is 0 Å². The summed E-state index contributed by atoms with van der Waals surface area (Å²) >= 11 is 0. The zero-order valence-electron chi connectivity index (χ0n) is 12.8. The van der Waals surface area contributed by atoms with Crippen LogP contribution in [0.2, 0.25) is 0 Å². The SMILES string of the molecule is C/C=C/C(=O)NC1CCN(Cc2ccc(OC)cc2)CC1. The minimum Gasteiger partial charge on any atom is -0.497 e. The molecule has 0 saturated carbocycles. The van der Waals surface area contributed by atoms with Crippen LogP contribution in [0.15, 0.2) is 36.4 Å². The number of carbonyl (C=O) groups is 1. The van der Waals surface area contributed by atoms with Gasteiger partial charge in [0.05, 0.1) is 7.11 Å². The van der Waals surface area contributed by atoms with Crippen molar-refractivity contribution in [1.29, 1.82) is 0 Å². The van der Waals surface area contributed by atoms with Gasteiger partial charge < -0.3 is 10.1 Å². The molecule has 1 saturated heterocycles. The average Bonchev–Trinajstić information content (AvgIpc) is 2.50. The van der Waals surface area contributed by atoms with Gasteiger partial charge in [0.1, 0.15) is 5.75 Å². The molecule has 21 heavy (non-hydrogen) atoms. The summed E-state index contributed by atoms with van der Waals surface area (Å²) in [6.07, 6.45) is 5.39. The number of nitrogens with zero attached hydrogens (tertiary/aromatic N) is 1. The molecule has 1 aromatic rings. The summed E-state index contributed by atoms with van der Waals surface area (Å²) in [7, 11) is 1.68. The minimum atomic E-state index is 0.0195. The van der Waals surface area contributed by atoms with Crippen molar-refractivity contribution in [2.75, 3.05) is 20.2 Å². The fourth-order valence-electron chi connectivity index (χ4n) is 2.63. The number of ether oxygens (including phenoxy) is 1. The zero-order chi connectivity index (χ0) is 15.1. The van der Waals surface area contributed by atoms with Crippen molar-refractivity contribution in [3.05, 3.63) is 42.0 Å². The van der Waals surface area contributed by atoms with Crippen molar-refractivity contribution >= 4 is 5.91 Å². The van der Waals surface area contributed by atoms with Crippen LogP contribution >= 0.6 is 0 Å². The molecule has 1 aromatic carbocycles. The molecule has 0 aliphatic carbocycles. The second kappa shape index (κ2) is 7.84. The van der Waals surface area contributed by atoms with Crippen molar-refractivity contribution in [3.8, 4) is 5.75 Å². The van der Waals surface area contributed by atoms with E-state index in [-0.39, 0.29) is 5.91 Å². The number of amides is 1. The topological polar surface area (TPSA) is 41.6 Å². The van der Waals surface area contributed by atoms with E-state index in [9.17, 15) is 4.79 Å². The smallest absolute Gasteiger partial charge is 0.243 e. The molecule has 0 atom stereocenters. The molecule has 1 aliphatic rings. The normalized spacial score (nSPS) is 17.0. The summed E-state index contributed by atoms with van der Waals surface area (Å²) in [5.41, 5.74) is 1.30. The Balaban J connectivity index is 1.77. The van der Waals surface area contributed by atoms with Crippen LogP contribution in [0, 0.1) is 0 Å². The van der Waals surface area contributed by atoms with E-state index in [2.05, 4.69) is 22.3 Å². The van der Waals surface area contributed by atoms with Gasteiger partial charge in [0.15, 0.2) is 0 Å². The van der Waals surface area contributed by atoms with Gasteiger partial charge in [-0.05, 0) is 43.5 Å². The lowest BCUT2D eigenvalue weighted by Gasteiger charge is -2.32. The number of benzene rings is 1. The third-order valence-corrected chi connectivity index (χ3v) is 3.82. The molecule has 1 amide bonds. The van der Waals surface area contributed by atoms with Crippen LogP contribution in [-0.4, -0.2) is 37.0 Å². The molecule has 4 nitrogen and oxygen atoms in total. The molecule has 4 heteroatoms. The van der Waals surface area contributed by atoms with Gasteiger partial charge in [-0.3, -0.25) is 9.69 Å². The number of allylic oxidation sites excluding steroid dienone is 1.